The number of nitriles is 1. The summed E-state index contributed by atoms with van der Waals surface area (Å²) in [5, 5.41) is 11.8. The molecule has 4 nitrogen and oxygen atoms in total. The molecule has 0 saturated heterocycles. The summed E-state index contributed by atoms with van der Waals surface area (Å²) in [5.74, 6) is -0.828. The average Bonchev–Trinajstić information content (AvgIpc) is 2.44. The average molecular weight is 262 g/mol. The van der Waals surface area contributed by atoms with E-state index in [1.165, 1.54) is 19.2 Å². The fourth-order valence-electron chi connectivity index (χ4n) is 1.55. The second kappa shape index (κ2) is 7.17. The summed E-state index contributed by atoms with van der Waals surface area (Å²) in [6.45, 7) is 2.21. The number of nitrogens with one attached hydrogen (secondary N) is 1. The summed E-state index contributed by atoms with van der Waals surface area (Å²) in [6, 6.07) is 5.83. The Kier molecular flexibility index (Phi) is 5.55. The third-order valence-corrected chi connectivity index (χ3v) is 2.57. The van der Waals surface area contributed by atoms with Gasteiger partial charge >= 0.3 is 5.97 Å². The van der Waals surface area contributed by atoms with Crippen molar-refractivity contribution in [2.45, 2.75) is 13.3 Å². The molecule has 0 heterocycles. The van der Waals surface area contributed by atoms with Crippen LogP contribution in [0.1, 0.15) is 18.9 Å². The summed E-state index contributed by atoms with van der Waals surface area (Å²) in [6.07, 6.45) is 2.25. The molecule has 0 radical (unpaired) electrons. The van der Waals surface area contributed by atoms with Gasteiger partial charge in [0.2, 0.25) is 0 Å². The lowest BCUT2D eigenvalue weighted by atomic mass is 10.1. The standard InChI is InChI=1S/C14H15FN2O2/c1-3-10(14(18)19-2)6-7-17-13-5-4-12(15)8-11(13)9-16/h4-6,8,17H,3,7H2,1-2H3/b10-6-. The van der Waals surface area contributed by atoms with Crippen molar-refractivity contribution in [2.24, 2.45) is 0 Å². The maximum absolute atomic E-state index is 12.9. The highest BCUT2D eigenvalue weighted by molar-refractivity contribution is 5.88. The highest BCUT2D eigenvalue weighted by atomic mass is 19.1. The van der Waals surface area contributed by atoms with Crippen molar-refractivity contribution in [3.8, 4) is 6.07 Å². The molecular weight excluding hydrogens is 247 g/mol. The second-order valence-electron chi connectivity index (χ2n) is 3.76. The Morgan fingerprint density at radius 1 is 1.58 bits per heavy atom. The summed E-state index contributed by atoms with van der Waals surface area (Å²) in [7, 11) is 1.33. The van der Waals surface area contributed by atoms with Gasteiger partial charge in [-0.2, -0.15) is 5.26 Å². The summed E-state index contributed by atoms with van der Waals surface area (Å²) < 4.78 is 17.6. The predicted molar refractivity (Wildman–Crippen MR) is 70.0 cm³/mol. The number of anilines is 1. The van der Waals surface area contributed by atoms with E-state index in [1.54, 1.807) is 6.08 Å². The van der Waals surface area contributed by atoms with Crippen LogP contribution in [0, 0.1) is 17.1 Å². The third-order valence-electron chi connectivity index (χ3n) is 2.57. The highest BCUT2D eigenvalue weighted by Gasteiger charge is 2.06. The summed E-state index contributed by atoms with van der Waals surface area (Å²) in [5.41, 5.74) is 1.31. The van der Waals surface area contributed by atoms with Crippen LogP contribution in [-0.2, 0) is 9.53 Å². The third kappa shape index (κ3) is 4.11. The number of nitrogens with zero attached hydrogens (tertiary/aromatic N) is 1. The van der Waals surface area contributed by atoms with E-state index >= 15 is 0 Å². The zero-order valence-electron chi connectivity index (χ0n) is 10.9. The number of carbonyl (C=O) groups excluding carboxylic acids is 1. The first-order chi connectivity index (χ1) is 9.12. The van der Waals surface area contributed by atoms with Crippen LogP contribution in [-0.4, -0.2) is 19.6 Å². The lowest BCUT2D eigenvalue weighted by molar-refractivity contribution is -0.136. The highest BCUT2D eigenvalue weighted by Crippen LogP contribution is 2.15. The number of halogens is 1. The normalized spacial score (nSPS) is 10.7. The van der Waals surface area contributed by atoms with Crippen LogP contribution in [0.5, 0.6) is 0 Å². The molecule has 1 aromatic carbocycles. The largest absolute Gasteiger partial charge is 0.466 e. The molecule has 0 aliphatic carbocycles. The molecule has 1 rings (SSSR count). The lowest BCUT2D eigenvalue weighted by Crippen LogP contribution is -2.07. The van der Waals surface area contributed by atoms with E-state index in [0.29, 0.717) is 24.2 Å². The summed E-state index contributed by atoms with van der Waals surface area (Å²) in [4.78, 5) is 11.3. The number of ether oxygens (including phenoxy) is 1. The zero-order chi connectivity index (χ0) is 14.3. The van der Waals surface area contributed by atoms with Crippen LogP contribution in [0.3, 0.4) is 0 Å². The molecule has 0 unspecified atom stereocenters. The molecule has 5 heteroatoms. The molecule has 0 bridgehead atoms. The predicted octanol–water partition coefficient (Wildman–Crippen LogP) is 2.62. The fourth-order valence-corrected chi connectivity index (χ4v) is 1.55. The molecule has 0 spiro atoms. The minimum Gasteiger partial charge on any atom is -0.466 e. The molecule has 1 aromatic rings. The van der Waals surface area contributed by atoms with Crippen molar-refractivity contribution in [3.05, 3.63) is 41.2 Å². The number of hydrogen-bond donors (Lipinski definition) is 1. The van der Waals surface area contributed by atoms with Gasteiger partial charge in [-0.25, -0.2) is 9.18 Å². The van der Waals surface area contributed by atoms with Crippen LogP contribution >= 0.6 is 0 Å². The molecule has 0 amide bonds. The second-order valence-corrected chi connectivity index (χ2v) is 3.76. The smallest absolute Gasteiger partial charge is 0.333 e. The van der Waals surface area contributed by atoms with Gasteiger partial charge in [-0.1, -0.05) is 13.0 Å². The van der Waals surface area contributed by atoms with Crippen molar-refractivity contribution in [1.82, 2.24) is 0 Å². The van der Waals surface area contributed by atoms with E-state index in [-0.39, 0.29) is 11.5 Å². The van der Waals surface area contributed by atoms with Crippen LogP contribution in [0.2, 0.25) is 0 Å². The van der Waals surface area contributed by atoms with Crippen molar-refractivity contribution in [1.29, 1.82) is 5.26 Å². The number of hydrogen-bond acceptors (Lipinski definition) is 4. The Morgan fingerprint density at radius 3 is 2.89 bits per heavy atom. The molecule has 0 fully saturated rings. The van der Waals surface area contributed by atoms with Gasteiger partial charge < -0.3 is 10.1 Å². The first-order valence-electron chi connectivity index (χ1n) is 5.83. The van der Waals surface area contributed by atoms with Gasteiger partial charge in [-0.3, -0.25) is 0 Å². The van der Waals surface area contributed by atoms with E-state index < -0.39 is 5.82 Å². The molecular formula is C14H15FN2O2. The Hall–Kier alpha value is -2.35. The minimum absolute atomic E-state index is 0.226. The van der Waals surface area contributed by atoms with E-state index in [0.717, 1.165) is 6.07 Å². The number of methoxy groups -OCH3 is 1. The van der Waals surface area contributed by atoms with Gasteiger partial charge in [-0.05, 0) is 24.6 Å². The van der Waals surface area contributed by atoms with E-state index in [9.17, 15) is 9.18 Å². The SMILES string of the molecule is CC/C(=C/CNc1ccc(F)cc1C#N)C(=O)OC. The maximum atomic E-state index is 12.9. The van der Waals surface area contributed by atoms with Crippen molar-refractivity contribution < 1.29 is 13.9 Å². The van der Waals surface area contributed by atoms with E-state index in [2.05, 4.69) is 10.1 Å². The molecule has 100 valence electrons. The van der Waals surface area contributed by atoms with Crippen LogP contribution in [0.4, 0.5) is 10.1 Å². The Labute approximate surface area is 111 Å². The van der Waals surface area contributed by atoms with Crippen molar-refractivity contribution in [3.63, 3.8) is 0 Å². The van der Waals surface area contributed by atoms with Gasteiger partial charge in [0.15, 0.2) is 0 Å². The summed E-state index contributed by atoms with van der Waals surface area (Å²) >= 11 is 0. The fraction of sp³-hybridized carbons (Fsp3) is 0.286. The molecule has 0 aliphatic heterocycles. The van der Waals surface area contributed by atoms with Crippen LogP contribution < -0.4 is 5.32 Å². The number of benzene rings is 1. The quantitative estimate of drug-likeness (QED) is 0.654. The van der Waals surface area contributed by atoms with Crippen LogP contribution in [0.15, 0.2) is 29.8 Å². The van der Waals surface area contributed by atoms with E-state index in [4.69, 9.17) is 5.26 Å². The van der Waals surface area contributed by atoms with Gasteiger partial charge in [0, 0.05) is 12.1 Å². The number of esters is 1. The molecule has 0 aromatic heterocycles. The Bertz CT molecular complexity index is 533. The Balaban J connectivity index is 2.75. The lowest BCUT2D eigenvalue weighted by Gasteiger charge is -2.07. The van der Waals surface area contributed by atoms with Gasteiger partial charge in [-0.15, -0.1) is 0 Å². The van der Waals surface area contributed by atoms with Crippen molar-refractivity contribution in [2.75, 3.05) is 19.0 Å². The molecule has 1 N–H and O–H groups in total. The minimum atomic E-state index is -0.457. The monoisotopic (exact) mass is 262 g/mol. The number of carbonyl (C=O) groups is 1. The van der Waals surface area contributed by atoms with Gasteiger partial charge in [0.1, 0.15) is 11.9 Å². The molecule has 0 aliphatic rings. The first kappa shape index (κ1) is 14.7. The number of rotatable bonds is 5. The topological polar surface area (TPSA) is 62.1 Å². The zero-order valence-corrected chi connectivity index (χ0v) is 10.9. The molecule has 0 atom stereocenters. The van der Waals surface area contributed by atoms with Gasteiger partial charge in [0.25, 0.3) is 0 Å². The van der Waals surface area contributed by atoms with Gasteiger partial charge in [0.05, 0.1) is 18.4 Å². The van der Waals surface area contributed by atoms with Crippen LogP contribution in [0.25, 0.3) is 0 Å². The van der Waals surface area contributed by atoms with Crippen molar-refractivity contribution >= 4 is 11.7 Å². The van der Waals surface area contributed by atoms with E-state index in [1.807, 2.05) is 13.0 Å². The molecule has 0 saturated carbocycles. The maximum Gasteiger partial charge on any atom is 0.333 e. The first-order valence-corrected chi connectivity index (χ1v) is 5.83. The Morgan fingerprint density at radius 2 is 2.32 bits per heavy atom. The molecule has 19 heavy (non-hydrogen) atoms.